The van der Waals surface area contributed by atoms with Crippen LogP contribution in [0.5, 0.6) is 0 Å². The SMILES string of the molecule is CC1(C)C(O)CC1NCc1cc(Br)ccc1[N+](=O)[O-]. The fourth-order valence-electron chi connectivity index (χ4n) is 2.36. The third kappa shape index (κ3) is 2.80. The van der Waals surface area contributed by atoms with E-state index in [-0.39, 0.29) is 28.2 Å². The first kappa shape index (κ1) is 14.4. The van der Waals surface area contributed by atoms with Gasteiger partial charge in [0.05, 0.1) is 11.0 Å². The monoisotopic (exact) mass is 328 g/mol. The minimum absolute atomic E-state index is 0.119. The molecule has 2 rings (SSSR count). The largest absolute Gasteiger partial charge is 0.392 e. The van der Waals surface area contributed by atoms with Gasteiger partial charge in [0.2, 0.25) is 0 Å². The van der Waals surface area contributed by atoms with Gasteiger partial charge in [0.15, 0.2) is 0 Å². The van der Waals surface area contributed by atoms with E-state index in [1.165, 1.54) is 6.07 Å². The highest BCUT2D eigenvalue weighted by atomic mass is 79.9. The van der Waals surface area contributed by atoms with E-state index >= 15 is 0 Å². The molecule has 0 aromatic heterocycles. The van der Waals surface area contributed by atoms with Gasteiger partial charge in [-0.2, -0.15) is 0 Å². The van der Waals surface area contributed by atoms with Crippen molar-refractivity contribution in [1.82, 2.24) is 5.32 Å². The van der Waals surface area contributed by atoms with Crippen molar-refractivity contribution in [1.29, 1.82) is 0 Å². The van der Waals surface area contributed by atoms with Crippen molar-refractivity contribution >= 4 is 21.6 Å². The van der Waals surface area contributed by atoms with Crippen LogP contribution >= 0.6 is 15.9 Å². The number of nitro benzene ring substituents is 1. The van der Waals surface area contributed by atoms with Crippen LogP contribution in [0.4, 0.5) is 5.69 Å². The summed E-state index contributed by atoms with van der Waals surface area (Å²) in [5.74, 6) is 0. The molecule has 2 atom stereocenters. The third-order valence-electron chi connectivity index (χ3n) is 3.99. The molecular formula is C13H17BrN2O3. The summed E-state index contributed by atoms with van der Waals surface area (Å²) in [6, 6.07) is 5.11. The topological polar surface area (TPSA) is 75.4 Å². The highest BCUT2D eigenvalue weighted by Gasteiger charge is 2.46. The van der Waals surface area contributed by atoms with Crippen molar-refractivity contribution in [3.8, 4) is 0 Å². The number of benzene rings is 1. The summed E-state index contributed by atoms with van der Waals surface area (Å²) in [6.07, 6.45) is 0.386. The van der Waals surface area contributed by atoms with E-state index in [0.717, 1.165) is 4.47 Å². The van der Waals surface area contributed by atoms with E-state index in [2.05, 4.69) is 21.2 Å². The van der Waals surface area contributed by atoms with Gasteiger partial charge in [-0.3, -0.25) is 10.1 Å². The Bertz CT molecular complexity index is 505. The molecule has 1 aromatic carbocycles. The van der Waals surface area contributed by atoms with Crippen molar-refractivity contribution < 1.29 is 10.0 Å². The van der Waals surface area contributed by atoms with Crippen molar-refractivity contribution in [2.75, 3.05) is 0 Å². The Morgan fingerprint density at radius 2 is 2.26 bits per heavy atom. The smallest absolute Gasteiger partial charge is 0.273 e. The molecule has 2 unspecified atom stereocenters. The number of aliphatic hydroxyl groups excluding tert-OH is 1. The van der Waals surface area contributed by atoms with Gasteiger partial charge in [-0.05, 0) is 18.6 Å². The van der Waals surface area contributed by atoms with Gasteiger partial charge in [0.25, 0.3) is 5.69 Å². The lowest BCUT2D eigenvalue weighted by Gasteiger charge is -2.49. The molecule has 104 valence electrons. The number of aliphatic hydroxyl groups is 1. The maximum absolute atomic E-state index is 11.0. The molecule has 5 nitrogen and oxygen atoms in total. The Hall–Kier alpha value is -0.980. The van der Waals surface area contributed by atoms with E-state index in [0.29, 0.717) is 18.5 Å². The number of hydrogen-bond acceptors (Lipinski definition) is 4. The van der Waals surface area contributed by atoms with Crippen LogP contribution in [0, 0.1) is 15.5 Å². The van der Waals surface area contributed by atoms with Gasteiger partial charge in [0.1, 0.15) is 0 Å². The van der Waals surface area contributed by atoms with Crippen molar-refractivity contribution in [3.05, 3.63) is 38.3 Å². The lowest BCUT2D eigenvalue weighted by molar-refractivity contribution is -0.385. The fourth-order valence-corrected chi connectivity index (χ4v) is 2.76. The predicted molar refractivity (Wildman–Crippen MR) is 75.8 cm³/mol. The summed E-state index contributed by atoms with van der Waals surface area (Å²) < 4.78 is 0.822. The molecule has 1 saturated carbocycles. The Morgan fingerprint density at radius 1 is 1.58 bits per heavy atom. The van der Waals surface area contributed by atoms with E-state index in [9.17, 15) is 15.2 Å². The molecule has 0 saturated heterocycles. The van der Waals surface area contributed by atoms with Crippen LogP contribution in [-0.2, 0) is 6.54 Å². The summed E-state index contributed by atoms with van der Waals surface area (Å²) in [7, 11) is 0. The van der Waals surface area contributed by atoms with Gasteiger partial charge in [-0.15, -0.1) is 0 Å². The molecule has 1 aromatic rings. The molecule has 19 heavy (non-hydrogen) atoms. The standard InChI is InChI=1S/C13H17BrN2O3/c1-13(2)11(6-12(13)17)15-7-8-5-9(14)3-4-10(8)16(18)19/h3-5,11-12,15,17H,6-7H2,1-2H3. The molecule has 0 spiro atoms. The molecular weight excluding hydrogens is 312 g/mol. The Labute approximate surface area is 120 Å². The molecule has 0 radical (unpaired) electrons. The summed E-state index contributed by atoms with van der Waals surface area (Å²) >= 11 is 3.33. The minimum Gasteiger partial charge on any atom is -0.392 e. The zero-order valence-corrected chi connectivity index (χ0v) is 12.5. The maximum atomic E-state index is 11.0. The van der Waals surface area contributed by atoms with Crippen LogP contribution in [0.2, 0.25) is 0 Å². The van der Waals surface area contributed by atoms with Crippen molar-refractivity contribution in [2.24, 2.45) is 5.41 Å². The molecule has 2 N–H and O–H groups in total. The zero-order chi connectivity index (χ0) is 14.2. The van der Waals surface area contributed by atoms with Gasteiger partial charge >= 0.3 is 0 Å². The summed E-state index contributed by atoms with van der Waals surface area (Å²) in [4.78, 5) is 10.6. The zero-order valence-electron chi connectivity index (χ0n) is 10.9. The van der Waals surface area contributed by atoms with Crippen molar-refractivity contribution in [3.63, 3.8) is 0 Å². The molecule has 1 aliphatic rings. The normalized spacial score (nSPS) is 24.8. The van der Waals surface area contributed by atoms with Gasteiger partial charge in [-0.1, -0.05) is 29.8 Å². The summed E-state index contributed by atoms with van der Waals surface area (Å²) in [5, 5.41) is 23.9. The fraction of sp³-hybridized carbons (Fsp3) is 0.538. The van der Waals surface area contributed by atoms with Crippen LogP contribution < -0.4 is 5.32 Å². The minimum atomic E-state index is -0.371. The lowest BCUT2D eigenvalue weighted by atomic mass is 9.64. The average molecular weight is 329 g/mol. The Morgan fingerprint density at radius 3 is 2.79 bits per heavy atom. The molecule has 0 bridgehead atoms. The number of hydrogen-bond donors (Lipinski definition) is 2. The van der Waals surface area contributed by atoms with E-state index in [1.54, 1.807) is 12.1 Å². The van der Waals surface area contributed by atoms with Crippen LogP contribution in [0.3, 0.4) is 0 Å². The third-order valence-corrected chi connectivity index (χ3v) is 4.49. The maximum Gasteiger partial charge on any atom is 0.273 e. The predicted octanol–water partition coefficient (Wildman–Crippen LogP) is 2.61. The second-order valence-electron chi connectivity index (χ2n) is 5.54. The highest BCUT2D eigenvalue weighted by Crippen LogP contribution is 2.40. The number of rotatable bonds is 4. The quantitative estimate of drug-likeness (QED) is 0.658. The first-order chi connectivity index (χ1) is 8.82. The first-order valence-electron chi connectivity index (χ1n) is 6.16. The van der Waals surface area contributed by atoms with Crippen LogP contribution in [-0.4, -0.2) is 22.2 Å². The lowest BCUT2D eigenvalue weighted by Crippen LogP contribution is -2.59. The first-order valence-corrected chi connectivity index (χ1v) is 6.96. The van der Waals surface area contributed by atoms with Crippen LogP contribution in [0.1, 0.15) is 25.8 Å². The van der Waals surface area contributed by atoms with Gasteiger partial charge in [0, 0.05) is 34.1 Å². The van der Waals surface area contributed by atoms with E-state index in [4.69, 9.17) is 0 Å². The Balaban J connectivity index is 2.08. The van der Waals surface area contributed by atoms with Gasteiger partial charge < -0.3 is 10.4 Å². The molecule has 0 heterocycles. The number of nitrogens with zero attached hydrogens (tertiary/aromatic N) is 1. The van der Waals surface area contributed by atoms with E-state index < -0.39 is 0 Å². The Kier molecular flexibility index (Phi) is 3.94. The second kappa shape index (κ2) is 5.19. The summed E-state index contributed by atoms with van der Waals surface area (Å²) in [6.45, 7) is 4.42. The molecule has 1 aliphatic carbocycles. The van der Waals surface area contributed by atoms with E-state index in [1.807, 2.05) is 13.8 Å². The summed E-state index contributed by atoms with van der Waals surface area (Å²) in [5.41, 5.74) is 0.589. The molecule has 6 heteroatoms. The van der Waals surface area contributed by atoms with Gasteiger partial charge in [-0.25, -0.2) is 0 Å². The van der Waals surface area contributed by atoms with Crippen LogP contribution in [0.15, 0.2) is 22.7 Å². The average Bonchev–Trinajstić information content (AvgIpc) is 2.33. The highest BCUT2D eigenvalue weighted by molar-refractivity contribution is 9.10. The number of nitrogens with one attached hydrogen (secondary N) is 1. The molecule has 0 aliphatic heterocycles. The molecule has 0 amide bonds. The number of nitro groups is 1. The number of halogens is 1. The van der Waals surface area contributed by atoms with Crippen LogP contribution in [0.25, 0.3) is 0 Å². The second-order valence-corrected chi connectivity index (χ2v) is 6.45. The van der Waals surface area contributed by atoms with Crippen molar-refractivity contribution in [2.45, 2.75) is 39.0 Å². The molecule has 1 fully saturated rings.